The minimum Gasteiger partial charge on any atom is -0.366 e. The van der Waals surface area contributed by atoms with Crippen molar-refractivity contribution in [2.75, 3.05) is 38.1 Å². The highest BCUT2D eigenvalue weighted by atomic mass is 35.5. The van der Waals surface area contributed by atoms with Crippen LogP contribution < -0.4 is 10.6 Å². The van der Waals surface area contributed by atoms with Gasteiger partial charge in [-0.25, -0.2) is 0 Å². The number of amides is 2. The van der Waals surface area contributed by atoms with Crippen LogP contribution >= 0.6 is 12.4 Å². The minimum atomic E-state index is -0.461. The summed E-state index contributed by atoms with van der Waals surface area (Å²) in [6.07, 6.45) is 4.10. The molecule has 0 aromatic heterocycles. The minimum absolute atomic E-state index is 0. The maximum absolute atomic E-state index is 12.5. The Balaban J connectivity index is 0.00000225. The first-order chi connectivity index (χ1) is 11.7. The molecule has 2 saturated heterocycles. The molecule has 1 aromatic rings. The molecule has 0 saturated carbocycles. The fraction of sp³-hybridized carbons (Fsp3) is 0.556. The molecule has 2 aliphatic rings. The summed E-state index contributed by atoms with van der Waals surface area (Å²) in [7, 11) is 0. The largest absolute Gasteiger partial charge is 0.366 e. The van der Waals surface area contributed by atoms with Gasteiger partial charge in [0.25, 0.3) is 11.8 Å². The summed E-state index contributed by atoms with van der Waals surface area (Å²) in [6, 6.07) is 7.12. The fourth-order valence-corrected chi connectivity index (χ4v) is 3.11. The van der Waals surface area contributed by atoms with Gasteiger partial charge in [-0.05, 0) is 37.1 Å². The summed E-state index contributed by atoms with van der Waals surface area (Å²) in [5.41, 5.74) is 1.35. The molecule has 2 heterocycles. The number of hydrogen-bond donors (Lipinski definition) is 2. The first kappa shape index (κ1) is 19.7. The molecule has 25 heavy (non-hydrogen) atoms. The van der Waals surface area contributed by atoms with Gasteiger partial charge in [0.1, 0.15) is 6.10 Å². The monoisotopic (exact) mass is 367 g/mol. The SMILES string of the molecule is Cl.O=C(Nc1ccc(C(=O)N2CCCCCC2)cc1)C1CNCCO1. The van der Waals surface area contributed by atoms with Gasteiger partial charge in [0, 0.05) is 37.4 Å². The van der Waals surface area contributed by atoms with Gasteiger partial charge >= 0.3 is 0 Å². The third-order valence-corrected chi connectivity index (χ3v) is 4.51. The molecular weight excluding hydrogens is 342 g/mol. The van der Waals surface area contributed by atoms with E-state index in [9.17, 15) is 9.59 Å². The van der Waals surface area contributed by atoms with Crippen LogP contribution in [0.3, 0.4) is 0 Å². The standard InChI is InChI=1S/C18H25N3O3.ClH/c22-17(16-13-19-9-12-24-16)20-15-7-5-14(6-8-15)18(23)21-10-3-1-2-4-11-21;/h5-8,16,19H,1-4,9-13H2,(H,20,22);1H. The third-order valence-electron chi connectivity index (χ3n) is 4.51. The summed E-state index contributed by atoms with van der Waals surface area (Å²) in [6.45, 7) is 3.52. The predicted molar refractivity (Wildman–Crippen MR) is 99.3 cm³/mol. The van der Waals surface area contributed by atoms with E-state index in [4.69, 9.17) is 4.74 Å². The lowest BCUT2D eigenvalue weighted by Crippen LogP contribution is -2.45. The van der Waals surface area contributed by atoms with Crippen molar-refractivity contribution in [3.63, 3.8) is 0 Å². The van der Waals surface area contributed by atoms with E-state index in [1.165, 1.54) is 12.8 Å². The first-order valence-corrected chi connectivity index (χ1v) is 8.76. The Hall–Kier alpha value is -1.63. The van der Waals surface area contributed by atoms with Crippen LogP contribution in [0.25, 0.3) is 0 Å². The van der Waals surface area contributed by atoms with E-state index in [1.807, 2.05) is 4.90 Å². The molecule has 6 nitrogen and oxygen atoms in total. The van der Waals surface area contributed by atoms with Crippen molar-refractivity contribution in [2.45, 2.75) is 31.8 Å². The number of benzene rings is 1. The van der Waals surface area contributed by atoms with Crippen molar-refractivity contribution in [3.8, 4) is 0 Å². The Morgan fingerprint density at radius 3 is 2.36 bits per heavy atom. The van der Waals surface area contributed by atoms with Crippen LogP contribution in [0, 0.1) is 0 Å². The topological polar surface area (TPSA) is 70.7 Å². The average Bonchev–Trinajstić information content (AvgIpc) is 2.92. The normalized spacial score (nSPS) is 21.0. The van der Waals surface area contributed by atoms with Crippen LogP contribution in [-0.4, -0.2) is 55.6 Å². The van der Waals surface area contributed by atoms with Crippen LogP contribution in [0.4, 0.5) is 5.69 Å². The Bertz CT molecular complexity index is 565. The Morgan fingerprint density at radius 2 is 1.76 bits per heavy atom. The molecule has 7 heteroatoms. The number of anilines is 1. The average molecular weight is 368 g/mol. The fourth-order valence-electron chi connectivity index (χ4n) is 3.11. The summed E-state index contributed by atoms with van der Waals surface area (Å²) < 4.78 is 5.43. The van der Waals surface area contributed by atoms with Crippen LogP contribution in [0.15, 0.2) is 24.3 Å². The van der Waals surface area contributed by atoms with Crippen molar-refractivity contribution >= 4 is 29.9 Å². The van der Waals surface area contributed by atoms with Crippen molar-refractivity contribution in [1.29, 1.82) is 0 Å². The molecule has 0 radical (unpaired) electrons. The van der Waals surface area contributed by atoms with Crippen LogP contribution in [0.1, 0.15) is 36.0 Å². The molecule has 138 valence electrons. The number of morpholine rings is 1. The zero-order valence-corrected chi connectivity index (χ0v) is 15.1. The predicted octanol–water partition coefficient (Wildman–Crippen LogP) is 2.05. The lowest BCUT2D eigenvalue weighted by Gasteiger charge is -2.23. The second kappa shape index (κ2) is 9.75. The number of carbonyl (C=O) groups is 2. The number of likely N-dealkylation sites (tertiary alicyclic amines) is 1. The van der Waals surface area contributed by atoms with E-state index in [1.54, 1.807) is 24.3 Å². The molecule has 0 aliphatic carbocycles. The number of carbonyl (C=O) groups excluding carboxylic acids is 2. The van der Waals surface area contributed by atoms with E-state index in [2.05, 4.69) is 10.6 Å². The second-order valence-electron chi connectivity index (χ2n) is 6.34. The van der Waals surface area contributed by atoms with Crippen molar-refractivity contribution in [3.05, 3.63) is 29.8 Å². The van der Waals surface area contributed by atoms with Gasteiger partial charge in [0.2, 0.25) is 0 Å². The van der Waals surface area contributed by atoms with Crippen LogP contribution in [0.2, 0.25) is 0 Å². The van der Waals surface area contributed by atoms with Gasteiger partial charge in [-0.3, -0.25) is 9.59 Å². The van der Waals surface area contributed by atoms with E-state index >= 15 is 0 Å². The molecule has 0 bridgehead atoms. The van der Waals surface area contributed by atoms with Crippen LogP contribution in [0.5, 0.6) is 0 Å². The zero-order valence-electron chi connectivity index (χ0n) is 14.3. The molecule has 2 aliphatic heterocycles. The van der Waals surface area contributed by atoms with Gasteiger partial charge in [-0.2, -0.15) is 0 Å². The van der Waals surface area contributed by atoms with E-state index in [0.717, 1.165) is 32.5 Å². The molecule has 1 unspecified atom stereocenters. The molecule has 1 aromatic carbocycles. The summed E-state index contributed by atoms with van der Waals surface area (Å²) >= 11 is 0. The van der Waals surface area contributed by atoms with E-state index in [-0.39, 0.29) is 24.2 Å². The Kier molecular flexibility index (Phi) is 7.68. The number of halogens is 1. The Morgan fingerprint density at radius 1 is 1.08 bits per heavy atom. The summed E-state index contributed by atoms with van der Waals surface area (Å²) in [5.74, 6) is -0.0802. The molecule has 3 rings (SSSR count). The van der Waals surface area contributed by atoms with Crippen molar-refractivity contribution < 1.29 is 14.3 Å². The van der Waals surface area contributed by atoms with Gasteiger partial charge in [0.05, 0.1) is 6.61 Å². The Labute approximate surface area is 154 Å². The highest BCUT2D eigenvalue weighted by molar-refractivity contribution is 5.97. The number of nitrogens with one attached hydrogen (secondary N) is 2. The zero-order chi connectivity index (χ0) is 16.8. The number of nitrogens with zero attached hydrogens (tertiary/aromatic N) is 1. The third kappa shape index (κ3) is 5.42. The maximum Gasteiger partial charge on any atom is 0.254 e. The lowest BCUT2D eigenvalue weighted by molar-refractivity contribution is -0.128. The molecule has 1 atom stereocenters. The smallest absolute Gasteiger partial charge is 0.254 e. The lowest BCUT2D eigenvalue weighted by atomic mass is 10.1. The number of hydrogen-bond acceptors (Lipinski definition) is 4. The maximum atomic E-state index is 12.5. The van der Waals surface area contributed by atoms with Crippen LogP contribution in [-0.2, 0) is 9.53 Å². The van der Waals surface area contributed by atoms with Crippen molar-refractivity contribution in [1.82, 2.24) is 10.2 Å². The highest BCUT2D eigenvalue weighted by Crippen LogP contribution is 2.16. The van der Waals surface area contributed by atoms with Gasteiger partial charge in [0.15, 0.2) is 0 Å². The summed E-state index contributed by atoms with van der Waals surface area (Å²) in [4.78, 5) is 26.6. The van der Waals surface area contributed by atoms with Gasteiger partial charge in [-0.1, -0.05) is 12.8 Å². The first-order valence-electron chi connectivity index (χ1n) is 8.76. The molecular formula is C18H26ClN3O3. The van der Waals surface area contributed by atoms with Gasteiger partial charge in [-0.15, -0.1) is 12.4 Å². The quantitative estimate of drug-likeness (QED) is 0.857. The number of ether oxygens (including phenoxy) is 1. The van der Waals surface area contributed by atoms with Crippen molar-refractivity contribution in [2.24, 2.45) is 0 Å². The molecule has 0 spiro atoms. The molecule has 2 fully saturated rings. The van der Waals surface area contributed by atoms with E-state index in [0.29, 0.717) is 24.4 Å². The van der Waals surface area contributed by atoms with Gasteiger partial charge < -0.3 is 20.3 Å². The summed E-state index contributed by atoms with van der Waals surface area (Å²) in [5, 5.41) is 5.97. The molecule has 2 amide bonds. The number of rotatable bonds is 3. The molecule has 2 N–H and O–H groups in total. The second-order valence-corrected chi connectivity index (χ2v) is 6.34. The van der Waals surface area contributed by atoms with E-state index < -0.39 is 6.10 Å². The highest BCUT2D eigenvalue weighted by Gasteiger charge is 2.22.